The van der Waals surface area contributed by atoms with Crippen molar-refractivity contribution in [2.45, 2.75) is 32.7 Å². The summed E-state index contributed by atoms with van der Waals surface area (Å²) in [5, 5.41) is 5.54. The molecule has 0 amide bonds. The molecule has 0 saturated heterocycles. The smallest absolute Gasteiger partial charge is 0.325 e. The predicted molar refractivity (Wildman–Crippen MR) is 112 cm³/mol. The summed E-state index contributed by atoms with van der Waals surface area (Å²) in [4.78, 5) is 28.6. The molecule has 0 unspecified atom stereocenters. The zero-order chi connectivity index (χ0) is 19.9. The molecule has 1 atom stereocenters. The molecular weight excluding hydrogens is 372 g/mol. The topological polar surface area (TPSA) is 58.6 Å². The fourth-order valence-electron chi connectivity index (χ4n) is 4.17. The van der Waals surface area contributed by atoms with Crippen LogP contribution in [-0.2, 0) is 14.3 Å². The Labute approximate surface area is 169 Å². The van der Waals surface area contributed by atoms with Crippen molar-refractivity contribution >= 4 is 34.5 Å². The molecule has 0 spiro atoms. The molecule has 5 nitrogen and oxygen atoms in total. The maximum atomic E-state index is 13.3. The van der Waals surface area contributed by atoms with Gasteiger partial charge in [0.25, 0.3) is 0 Å². The highest BCUT2D eigenvalue weighted by Gasteiger charge is 2.42. The Kier molecular flexibility index (Phi) is 4.75. The molecule has 0 fully saturated rings. The minimum absolute atomic E-state index is 0.0746. The first-order valence-corrected chi connectivity index (χ1v) is 10.3. The number of ether oxygens (including phenoxy) is 1. The first kappa shape index (κ1) is 18.7. The van der Waals surface area contributed by atoms with Crippen LogP contribution in [0.1, 0.15) is 37.6 Å². The van der Waals surface area contributed by atoms with E-state index in [-0.39, 0.29) is 29.8 Å². The van der Waals surface area contributed by atoms with E-state index in [1.165, 1.54) is 7.11 Å². The number of hydrogen-bond acceptors (Lipinski definition) is 6. The number of para-hydroxylation sites is 2. The number of carbonyl (C=O) groups is 2. The lowest BCUT2D eigenvalue weighted by Gasteiger charge is -2.37. The predicted octanol–water partition coefficient (Wildman–Crippen LogP) is 4.54. The second-order valence-electron chi connectivity index (χ2n) is 8.10. The summed E-state index contributed by atoms with van der Waals surface area (Å²) in [5.74, 6) is -0.191. The molecule has 0 saturated carbocycles. The van der Waals surface area contributed by atoms with E-state index in [9.17, 15) is 9.59 Å². The molecular formula is C22H24N2O3S. The minimum atomic E-state index is -0.330. The number of anilines is 2. The molecule has 1 aliphatic heterocycles. The van der Waals surface area contributed by atoms with Gasteiger partial charge >= 0.3 is 5.97 Å². The number of nitrogens with zero attached hydrogens (tertiary/aromatic N) is 1. The van der Waals surface area contributed by atoms with Crippen LogP contribution in [0.3, 0.4) is 0 Å². The van der Waals surface area contributed by atoms with Gasteiger partial charge < -0.3 is 15.0 Å². The van der Waals surface area contributed by atoms with Gasteiger partial charge in [0.2, 0.25) is 0 Å². The van der Waals surface area contributed by atoms with E-state index in [0.29, 0.717) is 6.42 Å². The van der Waals surface area contributed by atoms with Crippen molar-refractivity contribution in [3.8, 4) is 0 Å². The number of esters is 1. The number of nitrogens with one attached hydrogen (secondary N) is 1. The summed E-state index contributed by atoms with van der Waals surface area (Å²) in [6.07, 6.45) is 1.29. The Morgan fingerprint density at radius 2 is 2.04 bits per heavy atom. The highest BCUT2D eigenvalue weighted by atomic mass is 32.1. The summed E-state index contributed by atoms with van der Waals surface area (Å²) in [6, 6.07) is 11.6. The first-order valence-electron chi connectivity index (χ1n) is 9.39. The van der Waals surface area contributed by atoms with Gasteiger partial charge in [0.05, 0.1) is 24.5 Å². The molecule has 2 aromatic rings. The van der Waals surface area contributed by atoms with Crippen LogP contribution < -0.4 is 10.2 Å². The van der Waals surface area contributed by atoms with Gasteiger partial charge in [-0.15, -0.1) is 11.3 Å². The number of ketones is 1. The molecule has 28 heavy (non-hydrogen) atoms. The lowest BCUT2D eigenvalue weighted by atomic mass is 9.74. The van der Waals surface area contributed by atoms with E-state index in [0.717, 1.165) is 33.9 Å². The minimum Gasteiger partial charge on any atom is -0.468 e. The number of hydrogen-bond donors (Lipinski definition) is 1. The summed E-state index contributed by atoms with van der Waals surface area (Å²) in [7, 11) is 1.39. The fourth-order valence-corrected chi connectivity index (χ4v) is 5.02. The van der Waals surface area contributed by atoms with Gasteiger partial charge in [-0.1, -0.05) is 32.0 Å². The summed E-state index contributed by atoms with van der Waals surface area (Å²) in [6.45, 7) is 4.32. The van der Waals surface area contributed by atoms with Crippen LogP contribution in [0.4, 0.5) is 11.4 Å². The number of allylic oxidation sites excluding steroid dienone is 1. The summed E-state index contributed by atoms with van der Waals surface area (Å²) in [5.41, 5.74) is 3.42. The number of Topliss-reactive ketones (excluding diaryl/α,β-unsaturated/α-hetero) is 1. The zero-order valence-corrected chi connectivity index (χ0v) is 17.1. The van der Waals surface area contributed by atoms with Gasteiger partial charge in [0.1, 0.15) is 6.54 Å². The standard InChI is InChI=1S/C22H24N2O3S/c1-22(2)11-15-20(17(25)12-22)21(18-9-6-10-28-18)24(13-19(26)27-3)16-8-5-4-7-14(16)23-15/h4-10,21,23H,11-13H2,1-3H3/t21-/m1/s1. The number of carbonyl (C=O) groups excluding carboxylic acids is 2. The van der Waals surface area contributed by atoms with Crippen LogP contribution in [0.15, 0.2) is 53.0 Å². The average Bonchev–Trinajstić information content (AvgIpc) is 3.13. The Morgan fingerprint density at radius 3 is 2.75 bits per heavy atom. The first-order chi connectivity index (χ1) is 13.4. The maximum absolute atomic E-state index is 13.3. The van der Waals surface area contributed by atoms with E-state index < -0.39 is 0 Å². The van der Waals surface area contributed by atoms with Gasteiger partial charge in [-0.2, -0.15) is 0 Å². The lowest BCUT2D eigenvalue weighted by molar-refractivity contribution is -0.139. The largest absolute Gasteiger partial charge is 0.468 e. The van der Waals surface area contributed by atoms with Crippen LogP contribution in [-0.4, -0.2) is 25.4 Å². The number of thiophene rings is 1. The average molecular weight is 397 g/mol. The van der Waals surface area contributed by atoms with Crippen LogP contribution in [0.25, 0.3) is 0 Å². The Balaban J connectivity index is 1.94. The van der Waals surface area contributed by atoms with Gasteiger partial charge in [-0.3, -0.25) is 9.59 Å². The van der Waals surface area contributed by atoms with Crippen molar-refractivity contribution in [3.63, 3.8) is 0 Å². The second kappa shape index (κ2) is 7.09. The third-order valence-electron chi connectivity index (χ3n) is 5.34. The van der Waals surface area contributed by atoms with E-state index in [1.807, 2.05) is 46.7 Å². The van der Waals surface area contributed by atoms with Crippen molar-refractivity contribution in [3.05, 3.63) is 57.9 Å². The molecule has 1 N–H and O–H groups in total. The third kappa shape index (κ3) is 3.33. The molecule has 1 aromatic carbocycles. The molecule has 0 radical (unpaired) electrons. The van der Waals surface area contributed by atoms with Gasteiger partial charge in [-0.25, -0.2) is 0 Å². The molecule has 1 aromatic heterocycles. The van der Waals surface area contributed by atoms with Crippen LogP contribution in [0.5, 0.6) is 0 Å². The van der Waals surface area contributed by atoms with Gasteiger partial charge in [0, 0.05) is 22.6 Å². The molecule has 4 rings (SSSR count). The third-order valence-corrected chi connectivity index (χ3v) is 6.27. The highest BCUT2D eigenvalue weighted by Crippen LogP contribution is 2.48. The fraction of sp³-hybridized carbons (Fsp3) is 0.364. The summed E-state index contributed by atoms with van der Waals surface area (Å²) >= 11 is 1.60. The van der Waals surface area contributed by atoms with Gasteiger partial charge in [-0.05, 0) is 35.4 Å². The Hall–Kier alpha value is -2.60. The van der Waals surface area contributed by atoms with Crippen LogP contribution in [0.2, 0.25) is 0 Å². The number of benzene rings is 1. The molecule has 0 bridgehead atoms. The molecule has 1 aliphatic carbocycles. The van der Waals surface area contributed by atoms with Crippen LogP contribution in [0, 0.1) is 5.41 Å². The normalized spacial score (nSPS) is 20.8. The van der Waals surface area contributed by atoms with Crippen molar-refractivity contribution in [1.82, 2.24) is 0 Å². The van der Waals surface area contributed by atoms with Gasteiger partial charge in [0.15, 0.2) is 5.78 Å². The van der Waals surface area contributed by atoms with Crippen LogP contribution >= 0.6 is 11.3 Å². The quantitative estimate of drug-likeness (QED) is 0.772. The zero-order valence-electron chi connectivity index (χ0n) is 16.3. The van der Waals surface area contributed by atoms with Crippen molar-refractivity contribution in [1.29, 1.82) is 0 Å². The SMILES string of the molecule is COC(=O)CN1c2ccccc2NC2=C(C(=O)CC(C)(C)C2)[C@H]1c1cccs1. The molecule has 6 heteroatoms. The Bertz CT molecular complexity index is 946. The summed E-state index contributed by atoms with van der Waals surface area (Å²) < 4.78 is 4.97. The highest BCUT2D eigenvalue weighted by molar-refractivity contribution is 7.10. The van der Waals surface area contributed by atoms with Crippen molar-refractivity contribution in [2.24, 2.45) is 5.41 Å². The molecule has 2 heterocycles. The van der Waals surface area contributed by atoms with E-state index in [1.54, 1.807) is 11.3 Å². The maximum Gasteiger partial charge on any atom is 0.325 e. The van der Waals surface area contributed by atoms with Crippen molar-refractivity contribution < 1.29 is 14.3 Å². The second-order valence-corrected chi connectivity index (χ2v) is 9.08. The Morgan fingerprint density at radius 1 is 1.25 bits per heavy atom. The number of methoxy groups -OCH3 is 1. The number of rotatable bonds is 3. The lowest BCUT2D eigenvalue weighted by Crippen LogP contribution is -2.38. The van der Waals surface area contributed by atoms with E-state index in [2.05, 4.69) is 19.2 Å². The molecule has 2 aliphatic rings. The van der Waals surface area contributed by atoms with E-state index in [4.69, 9.17) is 4.74 Å². The van der Waals surface area contributed by atoms with E-state index >= 15 is 0 Å². The molecule has 146 valence electrons. The monoisotopic (exact) mass is 396 g/mol. The number of fused-ring (bicyclic) bond motifs is 1. The van der Waals surface area contributed by atoms with Crippen molar-refractivity contribution in [2.75, 3.05) is 23.9 Å².